The van der Waals surface area contributed by atoms with Crippen molar-refractivity contribution in [3.8, 4) is 44.5 Å². The van der Waals surface area contributed by atoms with Crippen LogP contribution in [0.2, 0.25) is 0 Å². The molecule has 0 N–H and O–H groups in total. The Morgan fingerprint density at radius 3 is 1.97 bits per heavy atom. The second kappa shape index (κ2) is 14.0. The van der Waals surface area contributed by atoms with Crippen LogP contribution in [0.1, 0.15) is 56.9 Å². The van der Waals surface area contributed by atoms with Gasteiger partial charge in [-0.15, -0.1) is 0 Å². The molecule has 13 rings (SSSR count). The fourth-order valence-corrected chi connectivity index (χ4v) is 11.5. The van der Waals surface area contributed by atoms with Gasteiger partial charge in [0.1, 0.15) is 11.2 Å². The second-order valence-electron chi connectivity index (χ2n) is 20.2. The lowest BCUT2D eigenvalue weighted by Gasteiger charge is -2.44. The molecular formula is C62H49BN2O. The molecule has 3 nitrogen and oxygen atoms in total. The summed E-state index contributed by atoms with van der Waals surface area (Å²) in [7, 11) is 0. The molecule has 1 aliphatic carbocycles. The van der Waals surface area contributed by atoms with Crippen LogP contribution in [0.15, 0.2) is 192 Å². The normalized spacial score (nSPS) is 14.2. The highest BCUT2D eigenvalue weighted by Gasteiger charge is 2.50. The number of furan rings is 1. The van der Waals surface area contributed by atoms with Gasteiger partial charge >= 0.3 is 6.85 Å². The van der Waals surface area contributed by atoms with Crippen LogP contribution in [-0.2, 0) is 10.8 Å². The first-order chi connectivity index (χ1) is 32.0. The first-order valence-corrected chi connectivity index (χ1v) is 23.4. The highest BCUT2D eigenvalue weighted by atomic mass is 16.3. The molecule has 2 aliphatic heterocycles. The zero-order valence-electron chi connectivity index (χ0n) is 38.3. The van der Waals surface area contributed by atoms with E-state index in [0.29, 0.717) is 0 Å². The van der Waals surface area contributed by atoms with Crippen LogP contribution >= 0.6 is 0 Å². The Morgan fingerprint density at radius 1 is 0.500 bits per heavy atom. The number of anilines is 5. The molecule has 0 amide bonds. The minimum Gasteiger partial charge on any atom is -0.465 e. The molecule has 9 aromatic carbocycles. The summed E-state index contributed by atoms with van der Waals surface area (Å²) in [6, 6.07) is 70.1. The molecule has 0 saturated carbocycles. The van der Waals surface area contributed by atoms with E-state index in [4.69, 9.17) is 4.42 Å². The third-order valence-electron chi connectivity index (χ3n) is 14.8. The van der Waals surface area contributed by atoms with Crippen molar-refractivity contribution < 1.29 is 4.42 Å². The number of hydrogen-bond donors (Lipinski definition) is 0. The van der Waals surface area contributed by atoms with Gasteiger partial charge in [-0.1, -0.05) is 174 Å². The Labute approximate surface area is 387 Å². The Morgan fingerprint density at radius 2 is 1.20 bits per heavy atom. The topological polar surface area (TPSA) is 19.6 Å². The highest BCUT2D eigenvalue weighted by Crippen LogP contribution is 2.56. The molecule has 0 saturated heterocycles. The van der Waals surface area contributed by atoms with E-state index in [2.05, 4.69) is 239 Å². The Balaban J connectivity index is 1.16. The standard InChI is InChI=1S/C62H49BN2O/c1-38-33-51-50-36-49-46-23-15-16-24-52(46)62(5,6)53(49)37-55(50)65(44-29-25-40(26-30-44)39-17-9-7-10-18-39)63-57(51)56(34-38)64(58-47-31-27-42-21-13-14-22-45(42)59(47)66-60(58)63)54-32-28-43(61(2,3)4)35-48(54)41-19-11-8-12-20-41/h7-37H,1-6H3. The van der Waals surface area contributed by atoms with Crippen LogP contribution in [-0.4, -0.2) is 6.85 Å². The number of rotatable bonds is 4. The molecule has 0 fully saturated rings. The first-order valence-electron chi connectivity index (χ1n) is 23.4. The van der Waals surface area contributed by atoms with Crippen LogP contribution in [0.25, 0.3) is 66.2 Å². The van der Waals surface area contributed by atoms with Gasteiger partial charge in [-0.3, -0.25) is 0 Å². The maximum atomic E-state index is 7.62. The minimum absolute atomic E-state index is 0.0440. The Bertz CT molecular complexity index is 3620. The van der Waals surface area contributed by atoms with Gasteiger partial charge in [0.2, 0.25) is 0 Å². The highest BCUT2D eigenvalue weighted by molar-refractivity contribution is 6.93. The van der Waals surface area contributed by atoms with Crippen LogP contribution < -0.4 is 20.8 Å². The SMILES string of the molecule is Cc1cc2c3c(c1)N(c1ccc(C(C)(C)C)cc1-c1ccccc1)c1c(oc4c1ccc1ccccc14)B3N(c1ccc(-c3ccccc3)cc1)c1cc3c(cc1-2)-c1ccccc1C3(C)C. The van der Waals surface area contributed by atoms with Crippen molar-refractivity contribution >= 4 is 68.1 Å². The third kappa shape index (κ3) is 5.57. The molecule has 1 aromatic heterocycles. The quantitative estimate of drug-likeness (QED) is 0.165. The molecule has 0 atom stereocenters. The number of hydrogen-bond acceptors (Lipinski definition) is 3. The largest absolute Gasteiger partial charge is 0.465 e. The van der Waals surface area contributed by atoms with Crippen LogP contribution in [0.4, 0.5) is 28.4 Å². The molecule has 0 bridgehead atoms. The molecule has 316 valence electrons. The Kier molecular flexibility index (Phi) is 8.23. The minimum atomic E-state index is -0.276. The first kappa shape index (κ1) is 38.9. The summed E-state index contributed by atoms with van der Waals surface area (Å²) in [5.74, 6) is 0. The van der Waals surface area contributed by atoms with Crippen molar-refractivity contribution in [3.05, 3.63) is 210 Å². The average Bonchev–Trinajstić information content (AvgIpc) is 3.83. The number of fused-ring (bicyclic) bond motifs is 11. The van der Waals surface area contributed by atoms with Crippen molar-refractivity contribution in [3.63, 3.8) is 0 Å². The lowest BCUT2D eigenvalue weighted by atomic mass is 9.45. The summed E-state index contributed by atoms with van der Waals surface area (Å²) in [6.45, 7) is 13.7. The summed E-state index contributed by atoms with van der Waals surface area (Å²) >= 11 is 0. The predicted octanol–water partition coefficient (Wildman–Crippen LogP) is 15.5. The van der Waals surface area contributed by atoms with Gasteiger partial charge in [-0.2, -0.15) is 0 Å². The van der Waals surface area contributed by atoms with Gasteiger partial charge in [-0.25, -0.2) is 0 Å². The summed E-state index contributed by atoms with van der Waals surface area (Å²) < 4.78 is 7.62. The van der Waals surface area contributed by atoms with Gasteiger partial charge < -0.3 is 14.1 Å². The molecule has 3 heterocycles. The molecule has 3 aliphatic rings. The maximum absolute atomic E-state index is 7.62. The summed E-state index contributed by atoms with van der Waals surface area (Å²) in [5.41, 5.74) is 23.7. The van der Waals surface area contributed by atoms with E-state index in [0.717, 1.165) is 44.5 Å². The smallest absolute Gasteiger partial charge is 0.375 e. The fraction of sp³-hybridized carbons (Fsp3) is 0.129. The molecular weight excluding hydrogens is 800 g/mol. The third-order valence-corrected chi connectivity index (χ3v) is 14.8. The monoisotopic (exact) mass is 848 g/mol. The molecule has 0 unspecified atom stereocenters. The zero-order chi connectivity index (χ0) is 44.6. The van der Waals surface area contributed by atoms with Crippen LogP contribution in [0, 0.1) is 6.92 Å². The summed E-state index contributed by atoms with van der Waals surface area (Å²) in [5, 5.41) is 3.38. The van der Waals surface area contributed by atoms with Crippen molar-refractivity contribution in [2.24, 2.45) is 0 Å². The molecule has 10 aromatic rings. The predicted molar refractivity (Wildman–Crippen MR) is 279 cm³/mol. The van der Waals surface area contributed by atoms with Crippen molar-refractivity contribution in [2.45, 2.75) is 52.4 Å². The number of aryl methyl sites for hydroxylation is 1. The van der Waals surface area contributed by atoms with Crippen LogP contribution in [0.3, 0.4) is 0 Å². The second-order valence-corrected chi connectivity index (χ2v) is 20.2. The van der Waals surface area contributed by atoms with E-state index in [9.17, 15) is 0 Å². The van der Waals surface area contributed by atoms with Crippen molar-refractivity contribution in [1.82, 2.24) is 0 Å². The van der Waals surface area contributed by atoms with E-state index in [1.165, 1.54) is 83.6 Å². The van der Waals surface area contributed by atoms with E-state index >= 15 is 0 Å². The van der Waals surface area contributed by atoms with E-state index < -0.39 is 0 Å². The molecule has 0 radical (unpaired) electrons. The maximum Gasteiger partial charge on any atom is 0.375 e. The number of benzene rings is 9. The van der Waals surface area contributed by atoms with E-state index in [-0.39, 0.29) is 17.7 Å². The fourth-order valence-electron chi connectivity index (χ4n) is 11.5. The van der Waals surface area contributed by atoms with E-state index in [1.54, 1.807) is 0 Å². The van der Waals surface area contributed by atoms with Gasteiger partial charge in [-0.05, 0) is 127 Å². The average molecular weight is 849 g/mol. The molecule has 66 heavy (non-hydrogen) atoms. The lowest BCUT2D eigenvalue weighted by Crippen LogP contribution is -2.61. The van der Waals surface area contributed by atoms with Gasteiger partial charge in [0.25, 0.3) is 0 Å². The van der Waals surface area contributed by atoms with Crippen molar-refractivity contribution in [2.75, 3.05) is 9.71 Å². The molecule has 4 heteroatoms. The van der Waals surface area contributed by atoms with Crippen molar-refractivity contribution in [1.29, 1.82) is 0 Å². The Hall–Kier alpha value is -7.56. The summed E-state index contributed by atoms with van der Waals surface area (Å²) in [4.78, 5) is 5.16. The van der Waals surface area contributed by atoms with Gasteiger partial charge in [0, 0.05) is 44.4 Å². The van der Waals surface area contributed by atoms with Gasteiger partial charge in [0.05, 0.1) is 11.4 Å². The lowest BCUT2D eigenvalue weighted by molar-refractivity contribution is 0.590. The number of nitrogens with zero attached hydrogens (tertiary/aromatic N) is 2. The molecule has 0 spiro atoms. The van der Waals surface area contributed by atoms with Gasteiger partial charge in [0.15, 0.2) is 0 Å². The van der Waals surface area contributed by atoms with Crippen LogP contribution in [0.5, 0.6) is 0 Å². The summed E-state index contributed by atoms with van der Waals surface area (Å²) in [6.07, 6.45) is 0. The van der Waals surface area contributed by atoms with E-state index in [1.807, 2.05) is 0 Å². The zero-order valence-corrected chi connectivity index (χ0v) is 38.3.